The summed E-state index contributed by atoms with van der Waals surface area (Å²) in [4.78, 5) is 0. The average molecular weight is 189 g/mol. The topological polar surface area (TPSA) is 21.3 Å². The first kappa shape index (κ1) is 15.4. The fourth-order valence-corrected chi connectivity index (χ4v) is 1.10. The second kappa shape index (κ2) is 10.0. The monoisotopic (exact) mass is 189 g/mol. The van der Waals surface area contributed by atoms with Gasteiger partial charge in [-0.3, -0.25) is 0 Å². The zero-order chi connectivity index (χ0) is 10.7. The molecular weight excluding hydrogens is 162 g/mol. The number of nitrogens with one attached hydrogen (secondary N) is 1. The largest absolute Gasteiger partial charge is 0.374 e. The maximum atomic E-state index is 5.65. The minimum Gasteiger partial charge on any atom is -0.374 e. The lowest BCUT2D eigenvalue weighted by atomic mass is 10.0. The van der Waals surface area contributed by atoms with Gasteiger partial charge in [0.15, 0.2) is 0 Å². The molecule has 0 aromatic carbocycles. The third-order valence-corrected chi connectivity index (χ3v) is 1.70. The smallest absolute Gasteiger partial charge is 0.0627 e. The summed E-state index contributed by atoms with van der Waals surface area (Å²) < 4.78 is 5.65. The van der Waals surface area contributed by atoms with Crippen LogP contribution in [0.25, 0.3) is 0 Å². The van der Waals surface area contributed by atoms with Gasteiger partial charge in [0, 0.05) is 6.54 Å². The molecule has 0 radical (unpaired) electrons. The van der Waals surface area contributed by atoms with Crippen LogP contribution in [-0.2, 0) is 4.74 Å². The van der Waals surface area contributed by atoms with E-state index in [4.69, 9.17) is 4.74 Å². The van der Waals surface area contributed by atoms with Crippen molar-refractivity contribution in [3.05, 3.63) is 0 Å². The van der Waals surface area contributed by atoms with Crippen LogP contribution in [-0.4, -0.2) is 25.8 Å². The summed E-state index contributed by atoms with van der Waals surface area (Å²) in [6.45, 7) is 12.2. The molecule has 0 amide bonds. The minimum atomic E-state index is 0.0611. The molecule has 0 aliphatic carbocycles. The van der Waals surface area contributed by atoms with Crippen LogP contribution >= 0.6 is 0 Å². The molecular formula is C11H27NO. The lowest BCUT2D eigenvalue weighted by molar-refractivity contribution is -0.0213. The summed E-state index contributed by atoms with van der Waals surface area (Å²) in [5.41, 5.74) is 0.0611. The Morgan fingerprint density at radius 1 is 1.23 bits per heavy atom. The average Bonchev–Trinajstić information content (AvgIpc) is 2.08. The van der Waals surface area contributed by atoms with Gasteiger partial charge in [-0.2, -0.15) is 0 Å². The lowest BCUT2D eigenvalue weighted by Gasteiger charge is -2.24. The van der Waals surface area contributed by atoms with Gasteiger partial charge in [-0.25, -0.2) is 0 Å². The maximum Gasteiger partial charge on any atom is 0.0627 e. The van der Waals surface area contributed by atoms with Crippen LogP contribution in [0.2, 0.25) is 0 Å². The fraction of sp³-hybridized carbons (Fsp3) is 1.00. The Bertz CT molecular complexity index is 92.1. The van der Waals surface area contributed by atoms with E-state index in [0.717, 1.165) is 19.6 Å². The second-order valence-electron chi connectivity index (χ2n) is 3.46. The van der Waals surface area contributed by atoms with Crippen molar-refractivity contribution in [2.24, 2.45) is 0 Å². The van der Waals surface area contributed by atoms with Crippen LogP contribution in [0.4, 0.5) is 0 Å². The molecule has 0 fully saturated rings. The van der Waals surface area contributed by atoms with Gasteiger partial charge in [-0.15, -0.1) is 0 Å². The molecule has 0 heterocycles. The van der Waals surface area contributed by atoms with Gasteiger partial charge in [-0.05, 0) is 27.3 Å². The van der Waals surface area contributed by atoms with Crippen molar-refractivity contribution in [2.45, 2.75) is 53.1 Å². The van der Waals surface area contributed by atoms with E-state index in [1.54, 1.807) is 0 Å². The van der Waals surface area contributed by atoms with E-state index in [9.17, 15) is 0 Å². The molecule has 0 saturated heterocycles. The molecule has 0 aromatic rings. The van der Waals surface area contributed by atoms with Crippen LogP contribution in [0, 0.1) is 0 Å². The summed E-state index contributed by atoms with van der Waals surface area (Å²) in [6.07, 6.45) is 2.32. The molecule has 13 heavy (non-hydrogen) atoms. The molecule has 0 aliphatic heterocycles. The van der Waals surface area contributed by atoms with Crippen LogP contribution in [0.15, 0.2) is 0 Å². The predicted octanol–water partition coefficient (Wildman–Crippen LogP) is 2.83. The first-order valence-electron chi connectivity index (χ1n) is 5.41. The van der Waals surface area contributed by atoms with Gasteiger partial charge < -0.3 is 10.1 Å². The highest BCUT2D eigenvalue weighted by Crippen LogP contribution is 2.15. The van der Waals surface area contributed by atoms with Gasteiger partial charge in [0.2, 0.25) is 0 Å². The molecule has 2 nitrogen and oxygen atoms in total. The number of likely N-dealkylation sites (N-methyl/N-ethyl adjacent to an activating group) is 1. The molecule has 0 aromatic heterocycles. The Morgan fingerprint density at radius 3 is 2.15 bits per heavy atom. The molecule has 82 valence electrons. The molecule has 1 N–H and O–H groups in total. The van der Waals surface area contributed by atoms with Crippen LogP contribution in [0.1, 0.15) is 47.5 Å². The third kappa shape index (κ3) is 11.9. The van der Waals surface area contributed by atoms with E-state index in [1.807, 2.05) is 20.9 Å². The van der Waals surface area contributed by atoms with Gasteiger partial charge in [0.25, 0.3) is 0 Å². The van der Waals surface area contributed by atoms with Crippen molar-refractivity contribution in [2.75, 3.05) is 20.2 Å². The van der Waals surface area contributed by atoms with Crippen molar-refractivity contribution >= 4 is 0 Å². The summed E-state index contributed by atoms with van der Waals surface area (Å²) in [6, 6.07) is 0. The first-order chi connectivity index (χ1) is 6.12. The highest BCUT2D eigenvalue weighted by atomic mass is 16.5. The van der Waals surface area contributed by atoms with E-state index >= 15 is 0 Å². The molecule has 0 spiro atoms. The van der Waals surface area contributed by atoms with Crippen LogP contribution in [0.3, 0.4) is 0 Å². The summed E-state index contributed by atoms with van der Waals surface area (Å²) >= 11 is 0. The Morgan fingerprint density at radius 2 is 1.77 bits per heavy atom. The zero-order valence-corrected chi connectivity index (χ0v) is 10.2. The summed E-state index contributed by atoms with van der Waals surface area (Å²) in [5.74, 6) is 0. The zero-order valence-electron chi connectivity index (χ0n) is 10.2. The van der Waals surface area contributed by atoms with Gasteiger partial charge in [0.1, 0.15) is 0 Å². The Kier molecular flexibility index (Phi) is 11.8. The molecule has 0 rings (SSSR count). The number of ether oxygens (including phenoxy) is 1. The number of hydrogen-bond donors (Lipinski definition) is 1. The highest BCUT2D eigenvalue weighted by Gasteiger charge is 2.15. The van der Waals surface area contributed by atoms with Crippen molar-refractivity contribution in [3.63, 3.8) is 0 Å². The quantitative estimate of drug-likeness (QED) is 0.649. The second-order valence-corrected chi connectivity index (χ2v) is 3.46. The standard InChI is InChI=1S/C9H21NO.C2H6/c1-5-6-9(2,3)11-8-7-10-4;1-2/h10H,5-8H2,1-4H3;1-2H3. The van der Waals surface area contributed by atoms with Crippen molar-refractivity contribution in [3.8, 4) is 0 Å². The number of rotatable bonds is 6. The molecule has 2 heteroatoms. The van der Waals surface area contributed by atoms with E-state index in [1.165, 1.54) is 6.42 Å². The van der Waals surface area contributed by atoms with E-state index in [0.29, 0.717) is 0 Å². The molecule has 0 bridgehead atoms. The Labute approximate surface area is 84.1 Å². The molecule has 0 unspecified atom stereocenters. The van der Waals surface area contributed by atoms with Gasteiger partial charge in [0.05, 0.1) is 12.2 Å². The third-order valence-electron chi connectivity index (χ3n) is 1.70. The van der Waals surface area contributed by atoms with Crippen molar-refractivity contribution in [1.82, 2.24) is 5.32 Å². The first-order valence-corrected chi connectivity index (χ1v) is 5.41. The summed E-state index contributed by atoms with van der Waals surface area (Å²) in [5, 5.41) is 3.06. The van der Waals surface area contributed by atoms with Crippen molar-refractivity contribution in [1.29, 1.82) is 0 Å². The van der Waals surface area contributed by atoms with Crippen LogP contribution in [0.5, 0.6) is 0 Å². The van der Waals surface area contributed by atoms with Crippen LogP contribution < -0.4 is 5.32 Å². The summed E-state index contributed by atoms with van der Waals surface area (Å²) in [7, 11) is 1.94. The van der Waals surface area contributed by atoms with E-state index in [-0.39, 0.29) is 5.60 Å². The SMILES string of the molecule is CC.CCCC(C)(C)OCCNC. The van der Waals surface area contributed by atoms with E-state index < -0.39 is 0 Å². The highest BCUT2D eigenvalue weighted by molar-refractivity contribution is 4.67. The predicted molar refractivity (Wildman–Crippen MR) is 60.2 cm³/mol. The maximum absolute atomic E-state index is 5.65. The Balaban J connectivity index is 0. The molecule has 0 atom stereocenters. The lowest BCUT2D eigenvalue weighted by Crippen LogP contribution is -2.28. The fourth-order valence-electron chi connectivity index (χ4n) is 1.10. The van der Waals surface area contributed by atoms with Crippen molar-refractivity contribution < 1.29 is 4.74 Å². The normalized spacial score (nSPS) is 10.6. The minimum absolute atomic E-state index is 0.0611. The number of hydrogen-bond acceptors (Lipinski definition) is 2. The van der Waals surface area contributed by atoms with Gasteiger partial charge >= 0.3 is 0 Å². The molecule has 0 aliphatic rings. The molecule has 0 saturated carbocycles. The van der Waals surface area contributed by atoms with E-state index in [2.05, 4.69) is 26.1 Å². The Hall–Kier alpha value is -0.0800. The van der Waals surface area contributed by atoms with Gasteiger partial charge in [-0.1, -0.05) is 27.2 Å².